The van der Waals surface area contributed by atoms with Gasteiger partial charge in [-0.3, -0.25) is 0 Å². The van der Waals surface area contributed by atoms with Crippen molar-refractivity contribution in [3.63, 3.8) is 0 Å². The molecule has 0 heterocycles. The van der Waals surface area contributed by atoms with Gasteiger partial charge in [-0.1, -0.05) is 25.3 Å². The van der Waals surface area contributed by atoms with E-state index in [1.54, 1.807) is 6.08 Å². The Kier molecular flexibility index (Phi) is 2.97. The van der Waals surface area contributed by atoms with Crippen LogP contribution in [0, 0.1) is 0 Å². The average molecular weight is 175 g/mol. The van der Waals surface area contributed by atoms with Gasteiger partial charge < -0.3 is 5.11 Å². The van der Waals surface area contributed by atoms with Crippen LogP contribution in [0.5, 0.6) is 0 Å². The van der Waals surface area contributed by atoms with E-state index in [0.717, 1.165) is 25.7 Å². The molecule has 0 amide bonds. The minimum absolute atomic E-state index is 0.275. The maximum absolute atomic E-state index is 9.94. The highest BCUT2D eigenvalue weighted by Crippen LogP contribution is 2.33. The van der Waals surface area contributed by atoms with Crippen molar-refractivity contribution in [3.8, 4) is 0 Å². The molecule has 1 aliphatic rings. The number of hydrogen-bond donors (Lipinski definition) is 1. The third-order valence-corrected chi connectivity index (χ3v) is 3.02. The highest BCUT2D eigenvalue weighted by atomic mass is 35.5. The largest absolute Gasteiger partial charge is 0.388 e. The first kappa shape index (κ1) is 9.08. The summed E-state index contributed by atoms with van der Waals surface area (Å²) in [5.41, 5.74) is -0.665. The van der Waals surface area contributed by atoms with E-state index in [0.29, 0.717) is 0 Å². The molecule has 1 N–H and O–H groups in total. The van der Waals surface area contributed by atoms with E-state index >= 15 is 0 Å². The van der Waals surface area contributed by atoms with Crippen LogP contribution in [0.2, 0.25) is 0 Å². The summed E-state index contributed by atoms with van der Waals surface area (Å²) in [5.74, 6) is 0. The van der Waals surface area contributed by atoms with Crippen molar-refractivity contribution in [1.29, 1.82) is 0 Å². The molecule has 2 heteroatoms. The first-order chi connectivity index (χ1) is 5.19. The summed E-state index contributed by atoms with van der Waals surface area (Å²) in [6.07, 6.45) is 6.69. The average Bonchev–Trinajstić information content (AvgIpc) is 2.04. The molecular weight excluding hydrogens is 160 g/mol. The maximum Gasteiger partial charge on any atom is 0.0845 e. The van der Waals surface area contributed by atoms with Gasteiger partial charge >= 0.3 is 0 Å². The molecule has 0 spiro atoms. The highest BCUT2D eigenvalue weighted by Gasteiger charge is 2.34. The fourth-order valence-corrected chi connectivity index (χ4v) is 1.88. The summed E-state index contributed by atoms with van der Waals surface area (Å²) < 4.78 is 0. The summed E-state index contributed by atoms with van der Waals surface area (Å²) in [4.78, 5) is 0. The molecule has 1 fully saturated rings. The van der Waals surface area contributed by atoms with Gasteiger partial charge in [0.25, 0.3) is 0 Å². The van der Waals surface area contributed by atoms with Crippen LogP contribution in [-0.2, 0) is 0 Å². The third kappa shape index (κ3) is 1.97. The number of hydrogen-bond acceptors (Lipinski definition) is 1. The van der Waals surface area contributed by atoms with Gasteiger partial charge in [0, 0.05) is 0 Å². The molecule has 1 unspecified atom stereocenters. The molecule has 1 saturated carbocycles. The van der Waals surface area contributed by atoms with E-state index in [9.17, 15) is 5.11 Å². The Morgan fingerprint density at radius 1 is 1.36 bits per heavy atom. The van der Waals surface area contributed by atoms with E-state index in [1.807, 2.05) is 0 Å². The van der Waals surface area contributed by atoms with Crippen molar-refractivity contribution in [2.75, 3.05) is 0 Å². The molecule has 1 aliphatic carbocycles. The van der Waals surface area contributed by atoms with Crippen molar-refractivity contribution < 1.29 is 5.11 Å². The smallest absolute Gasteiger partial charge is 0.0845 e. The van der Waals surface area contributed by atoms with Crippen LogP contribution in [0.25, 0.3) is 0 Å². The van der Waals surface area contributed by atoms with Gasteiger partial charge in [0.05, 0.1) is 11.0 Å². The molecule has 0 radical (unpaired) electrons. The number of alkyl halides is 1. The lowest BCUT2D eigenvalue weighted by Crippen LogP contribution is -2.39. The van der Waals surface area contributed by atoms with Gasteiger partial charge in [-0.05, 0) is 12.8 Å². The number of aliphatic hydroxyl groups is 1. The lowest BCUT2D eigenvalue weighted by Gasteiger charge is -2.34. The molecule has 0 aliphatic heterocycles. The Morgan fingerprint density at radius 3 is 2.36 bits per heavy atom. The minimum atomic E-state index is -0.665. The zero-order valence-corrected chi connectivity index (χ0v) is 7.48. The van der Waals surface area contributed by atoms with Crippen LogP contribution in [0.3, 0.4) is 0 Å². The topological polar surface area (TPSA) is 20.2 Å². The number of rotatable bonds is 2. The summed E-state index contributed by atoms with van der Waals surface area (Å²) >= 11 is 5.92. The predicted molar refractivity (Wildman–Crippen MR) is 47.9 cm³/mol. The Labute approximate surface area is 73.1 Å². The van der Waals surface area contributed by atoms with E-state index in [-0.39, 0.29) is 5.38 Å². The molecule has 0 aromatic carbocycles. The Bertz CT molecular complexity index is 138. The Hall–Kier alpha value is -0.0100. The second-order valence-corrected chi connectivity index (χ2v) is 3.77. The van der Waals surface area contributed by atoms with E-state index < -0.39 is 5.60 Å². The van der Waals surface area contributed by atoms with E-state index in [4.69, 9.17) is 11.6 Å². The lowest BCUT2D eigenvalue weighted by molar-refractivity contribution is 0.0102. The normalized spacial score (nSPS) is 26.0. The fraction of sp³-hybridized carbons (Fsp3) is 0.778. The summed E-state index contributed by atoms with van der Waals surface area (Å²) in [6, 6.07) is 0. The van der Waals surface area contributed by atoms with Crippen LogP contribution >= 0.6 is 11.6 Å². The van der Waals surface area contributed by atoms with Crippen LogP contribution in [0.1, 0.15) is 32.1 Å². The predicted octanol–water partition coefficient (Wildman–Crippen LogP) is 2.48. The van der Waals surface area contributed by atoms with E-state index in [2.05, 4.69) is 6.58 Å². The van der Waals surface area contributed by atoms with Crippen LogP contribution in [0.15, 0.2) is 12.7 Å². The van der Waals surface area contributed by atoms with Crippen LogP contribution < -0.4 is 0 Å². The van der Waals surface area contributed by atoms with Gasteiger partial charge in [-0.25, -0.2) is 0 Å². The van der Waals surface area contributed by atoms with Crippen molar-refractivity contribution in [2.45, 2.75) is 43.1 Å². The van der Waals surface area contributed by atoms with Crippen LogP contribution in [0.4, 0.5) is 0 Å². The molecule has 0 aromatic rings. The molecule has 64 valence electrons. The highest BCUT2D eigenvalue weighted by molar-refractivity contribution is 6.22. The van der Waals surface area contributed by atoms with Crippen molar-refractivity contribution >= 4 is 11.6 Å². The Balaban J connectivity index is 2.55. The zero-order chi connectivity index (χ0) is 8.32. The van der Waals surface area contributed by atoms with E-state index in [1.165, 1.54) is 6.42 Å². The van der Waals surface area contributed by atoms with Gasteiger partial charge in [0.15, 0.2) is 0 Å². The standard InChI is InChI=1S/C9H15ClO/c1-2-8(10)9(11)6-4-3-5-7-9/h2,8,11H,1,3-7H2. The maximum atomic E-state index is 9.94. The van der Waals surface area contributed by atoms with Gasteiger partial charge in [0.1, 0.15) is 0 Å². The third-order valence-electron chi connectivity index (χ3n) is 2.44. The number of halogens is 1. The molecular formula is C9H15ClO. The monoisotopic (exact) mass is 174 g/mol. The van der Waals surface area contributed by atoms with Gasteiger partial charge in [-0.2, -0.15) is 0 Å². The molecule has 0 bridgehead atoms. The SMILES string of the molecule is C=CC(Cl)C1(O)CCCCC1. The second-order valence-electron chi connectivity index (χ2n) is 3.30. The summed E-state index contributed by atoms with van der Waals surface area (Å²) in [6.45, 7) is 3.59. The quantitative estimate of drug-likeness (QED) is 0.504. The summed E-state index contributed by atoms with van der Waals surface area (Å²) in [7, 11) is 0. The minimum Gasteiger partial charge on any atom is -0.388 e. The van der Waals surface area contributed by atoms with Gasteiger partial charge in [0.2, 0.25) is 0 Å². The second kappa shape index (κ2) is 3.59. The molecule has 11 heavy (non-hydrogen) atoms. The first-order valence-electron chi connectivity index (χ1n) is 4.18. The Morgan fingerprint density at radius 2 is 1.91 bits per heavy atom. The van der Waals surface area contributed by atoms with Crippen LogP contribution in [-0.4, -0.2) is 16.1 Å². The molecule has 1 rings (SSSR count). The lowest BCUT2D eigenvalue weighted by atomic mass is 9.82. The molecule has 0 aromatic heterocycles. The van der Waals surface area contributed by atoms with Crippen molar-refractivity contribution in [3.05, 3.63) is 12.7 Å². The van der Waals surface area contributed by atoms with Crippen molar-refractivity contribution in [1.82, 2.24) is 0 Å². The van der Waals surface area contributed by atoms with Gasteiger partial charge in [-0.15, -0.1) is 18.2 Å². The summed E-state index contributed by atoms with van der Waals surface area (Å²) in [5, 5.41) is 9.66. The molecule has 1 nitrogen and oxygen atoms in total. The zero-order valence-electron chi connectivity index (χ0n) is 6.72. The first-order valence-corrected chi connectivity index (χ1v) is 4.62. The van der Waals surface area contributed by atoms with Crippen molar-refractivity contribution in [2.24, 2.45) is 0 Å². The molecule has 0 saturated heterocycles. The molecule has 1 atom stereocenters. The fourth-order valence-electron chi connectivity index (χ4n) is 1.66.